The molecule has 0 N–H and O–H groups in total. The highest BCUT2D eigenvalue weighted by Crippen LogP contribution is 2.29. The van der Waals surface area contributed by atoms with E-state index in [1.165, 1.54) is 24.3 Å². The molecule has 0 fully saturated rings. The summed E-state index contributed by atoms with van der Waals surface area (Å²) in [4.78, 5) is 0. The minimum atomic E-state index is -4.71. The summed E-state index contributed by atoms with van der Waals surface area (Å²) in [5.41, 5.74) is 1.72. The molecule has 2 aromatic carbocycles. The van der Waals surface area contributed by atoms with Crippen molar-refractivity contribution in [2.75, 3.05) is 0 Å². The first-order valence-corrected chi connectivity index (χ1v) is 6.24. The molecule has 0 aliphatic heterocycles. The van der Waals surface area contributed by atoms with E-state index in [4.69, 9.17) is 5.26 Å². The van der Waals surface area contributed by atoms with Gasteiger partial charge in [0.25, 0.3) is 0 Å². The summed E-state index contributed by atoms with van der Waals surface area (Å²) in [6.07, 6.45) is -4.71. The molecule has 2 rings (SSSR count). The Morgan fingerprint density at radius 3 is 2.25 bits per heavy atom. The van der Waals surface area contributed by atoms with E-state index in [0.29, 0.717) is 16.7 Å². The van der Waals surface area contributed by atoms with Crippen LogP contribution < -0.4 is 4.74 Å². The standard InChI is InChI=1S/C14H7BrF3NO/c15-11-3-6-13(10(7-11)8-19)9-1-4-12(5-2-9)20-14(16,17)18/h1-7H. The summed E-state index contributed by atoms with van der Waals surface area (Å²) in [7, 11) is 0. The zero-order valence-corrected chi connectivity index (χ0v) is 11.5. The highest BCUT2D eigenvalue weighted by Gasteiger charge is 2.30. The molecular formula is C14H7BrF3NO. The fourth-order valence-electron chi connectivity index (χ4n) is 1.70. The lowest BCUT2D eigenvalue weighted by Crippen LogP contribution is -2.16. The maximum atomic E-state index is 12.1. The lowest BCUT2D eigenvalue weighted by atomic mass is 10.0. The Morgan fingerprint density at radius 1 is 1.05 bits per heavy atom. The van der Waals surface area contributed by atoms with Crippen molar-refractivity contribution >= 4 is 15.9 Å². The normalized spacial score (nSPS) is 10.9. The molecule has 2 nitrogen and oxygen atoms in total. The third-order valence-corrected chi connectivity index (χ3v) is 2.99. The predicted molar refractivity (Wildman–Crippen MR) is 71.0 cm³/mol. The third-order valence-electron chi connectivity index (χ3n) is 2.50. The first-order valence-electron chi connectivity index (χ1n) is 5.45. The van der Waals surface area contributed by atoms with Crippen molar-refractivity contribution < 1.29 is 17.9 Å². The largest absolute Gasteiger partial charge is 0.573 e. The Bertz CT molecular complexity index is 660. The second kappa shape index (κ2) is 5.55. The molecule has 0 atom stereocenters. The van der Waals surface area contributed by atoms with Crippen LogP contribution in [0.3, 0.4) is 0 Å². The summed E-state index contributed by atoms with van der Waals surface area (Å²) in [5, 5.41) is 9.07. The summed E-state index contributed by atoms with van der Waals surface area (Å²) in [6.45, 7) is 0. The van der Waals surface area contributed by atoms with Gasteiger partial charge in [0.2, 0.25) is 0 Å². The molecular weight excluding hydrogens is 335 g/mol. The van der Waals surface area contributed by atoms with Gasteiger partial charge in [0.15, 0.2) is 0 Å². The lowest BCUT2D eigenvalue weighted by Gasteiger charge is -2.10. The van der Waals surface area contributed by atoms with Crippen LogP contribution in [-0.4, -0.2) is 6.36 Å². The topological polar surface area (TPSA) is 33.0 Å². The molecule has 6 heteroatoms. The highest BCUT2D eigenvalue weighted by molar-refractivity contribution is 9.10. The average Bonchev–Trinajstić information content (AvgIpc) is 2.38. The molecule has 0 aliphatic rings. The van der Waals surface area contributed by atoms with E-state index in [1.54, 1.807) is 18.2 Å². The smallest absolute Gasteiger partial charge is 0.406 e. The molecule has 0 aliphatic carbocycles. The molecule has 102 valence electrons. The number of benzene rings is 2. The van der Waals surface area contributed by atoms with Crippen molar-refractivity contribution in [1.29, 1.82) is 5.26 Å². The van der Waals surface area contributed by atoms with Crippen LogP contribution in [0.2, 0.25) is 0 Å². The fraction of sp³-hybridized carbons (Fsp3) is 0.0714. The Labute approximate surface area is 121 Å². The minimum absolute atomic E-state index is 0.295. The molecule has 0 unspecified atom stereocenters. The first-order chi connectivity index (χ1) is 9.39. The van der Waals surface area contributed by atoms with Crippen LogP contribution in [0.25, 0.3) is 11.1 Å². The van der Waals surface area contributed by atoms with Gasteiger partial charge in [0.1, 0.15) is 5.75 Å². The summed E-state index contributed by atoms with van der Waals surface area (Å²) < 4.78 is 40.7. The van der Waals surface area contributed by atoms with Crippen molar-refractivity contribution in [3.8, 4) is 22.9 Å². The number of rotatable bonds is 2. The molecule has 0 bridgehead atoms. The lowest BCUT2D eigenvalue weighted by molar-refractivity contribution is -0.274. The van der Waals surface area contributed by atoms with Crippen LogP contribution in [-0.2, 0) is 0 Å². The Balaban J connectivity index is 2.34. The average molecular weight is 342 g/mol. The van der Waals surface area contributed by atoms with E-state index < -0.39 is 6.36 Å². The van der Waals surface area contributed by atoms with E-state index in [9.17, 15) is 13.2 Å². The van der Waals surface area contributed by atoms with Crippen LogP contribution in [0.1, 0.15) is 5.56 Å². The second-order valence-electron chi connectivity index (χ2n) is 3.87. The molecule has 0 aromatic heterocycles. The maximum absolute atomic E-state index is 12.1. The second-order valence-corrected chi connectivity index (χ2v) is 4.79. The number of hydrogen-bond acceptors (Lipinski definition) is 2. The SMILES string of the molecule is N#Cc1cc(Br)ccc1-c1ccc(OC(F)(F)F)cc1. The van der Waals surface area contributed by atoms with Gasteiger partial charge in [-0.25, -0.2) is 0 Å². The number of alkyl halides is 3. The fourth-order valence-corrected chi connectivity index (χ4v) is 2.06. The molecule has 0 amide bonds. The Hall–Kier alpha value is -2.00. The molecule has 0 heterocycles. The summed E-state index contributed by atoms with van der Waals surface area (Å²) in [5.74, 6) is -0.295. The van der Waals surface area contributed by atoms with Crippen LogP contribution in [0.4, 0.5) is 13.2 Å². The van der Waals surface area contributed by atoms with Crippen molar-refractivity contribution in [2.45, 2.75) is 6.36 Å². The number of hydrogen-bond donors (Lipinski definition) is 0. The third kappa shape index (κ3) is 3.52. The Kier molecular flexibility index (Phi) is 4.00. The van der Waals surface area contributed by atoms with Crippen LogP contribution in [0.5, 0.6) is 5.75 Å². The zero-order valence-electron chi connectivity index (χ0n) is 9.91. The van der Waals surface area contributed by atoms with Crippen molar-refractivity contribution in [2.24, 2.45) is 0 Å². The van der Waals surface area contributed by atoms with Gasteiger partial charge in [-0.2, -0.15) is 5.26 Å². The van der Waals surface area contributed by atoms with Gasteiger partial charge in [0, 0.05) is 4.47 Å². The van der Waals surface area contributed by atoms with Crippen molar-refractivity contribution in [1.82, 2.24) is 0 Å². The van der Waals surface area contributed by atoms with Gasteiger partial charge >= 0.3 is 6.36 Å². The van der Waals surface area contributed by atoms with Crippen molar-refractivity contribution in [3.05, 3.63) is 52.5 Å². The number of ether oxygens (including phenoxy) is 1. The quantitative estimate of drug-likeness (QED) is 0.779. The molecule has 0 saturated carbocycles. The first kappa shape index (κ1) is 14.4. The van der Waals surface area contributed by atoms with E-state index in [2.05, 4.69) is 20.7 Å². The number of nitrogens with zero attached hydrogens (tertiary/aromatic N) is 1. The van der Waals surface area contributed by atoms with Gasteiger partial charge in [-0.3, -0.25) is 0 Å². The summed E-state index contributed by atoms with van der Waals surface area (Å²) >= 11 is 3.26. The predicted octanol–water partition coefficient (Wildman–Crippen LogP) is 4.89. The minimum Gasteiger partial charge on any atom is -0.406 e. The van der Waals surface area contributed by atoms with Crippen LogP contribution in [0, 0.1) is 11.3 Å². The Morgan fingerprint density at radius 2 is 1.70 bits per heavy atom. The van der Waals surface area contributed by atoms with Crippen LogP contribution in [0.15, 0.2) is 46.9 Å². The van der Waals surface area contributed by atoms with Gasteiger partial charge in [-0.05, 0) is 35.4 Å². The molecule has 20 heavy (non-hydrogen) atoms. The van der Waals surface area contributed by atoms with Crippen molar-refractivity contribution in [3.63, 3.8) is 0 Å². The van der Waals surface area contributed by atoms with E-state index in [-0.39, 0.29) is 5.75 Å². The summed E-state index contributed by atoms with van der Waals surface area (Å²) in [6, 6.07) is 12.6. The van der Waals surface area contributed by atoms with Crippen LogP contribution >= 0.6 is 15.9 Å². The highest BCUT2D eigenvalue weighted by atomic mass is 79.9. The van der Waals surface area contributed by atoms with Gasteiger partial charge < -0.3 is 4.74 Å². The van der Waals surface area contributed by atoms with Gasteiger partial charge in [-0.15, -0.1) is 13.2 Å². The van der Waals surface area contributed by atoms with E-state index in [0.717, 1.165) is 4.47 Å². The maximum Gasteiger partial charge on any atom is 0.573 e. The number of nitriles is 1. The van der Waals surface area contributed by atoms with E-state index >= 15 is 0 Å². The zero-order chi connectivity index (χ0) is 14.8. The monoisotopic (exact) mass is 341 g/mol. The van der Waals surface area contributed by atoms with Gasteiger partial charge in [0.05, 0.1) is 11.6 Å². The molecule has 2 aromatic rings. The molecule has 0 radical (unpaired) electrons. The number of halogens is 4. The van der Waals surface area contributed by atoms with E-state index in [1.807, 2.05) is 6.07 Å². The van der Waals surface area contributed by atoms with Gasteiger partial charge in [-0.1, -0.05) is 34.1 Å². The molecule has 0 saturated heterocycles. The molecule has 0 spiro atoms.